The number of ether oxygens (including phenoxy) is 1. The van der Waals surface area contributed by atoms with Crippen molar-refractivity contribution < 1.29 is 13.2 Å². The second-order valence-electron chi connectivity index (χ2n) is 5.93. The van der Waals surface area contributed by atoms with E-state index in [1.807, 2.05) is 17.5 Å². The maximum Gasteiger partial charge on any atom is 0.212 e. The molecule has 6 nitrogen and oxygen atoms in total. The van der Waals surface area contributed by atoms with Crippen LogP contribution in [0, 0.1) is 0 Å². The van der Waals surface area contributed by atoms with E-state index < -0.39 is 9.84 Å². The van der Waals surface area contributed by atoms with Crippen molar-refractivity contribution in [1.82, 2.24) is 15.0 Å². The number of hydrogen-bond acceptors (Lipinski definition) is 7. The summed E-state index contributed by atoms with van der Waals surface area (Å²) in [5.41, 5.74) is 2.10. The molecule has 0 spiro atoms. The third-order valence-electron chi connectivity index (χ3n) is 4.04. The molecule has 142 valence electrons. The van der Waals surface area contributed by atoms with Crippen molar-refractivity contribution in [1.29, 1.82) is 0 Å². The van der Waals surface area contributed by atoms with Crippen molar-refractivity contribution in [3.63, 3.8) is 0 Å². The smallest absolute Gasteiger partial charge is 0.212 e. The zero-order chi connectivity index (χ0) is 19.7. The Labute approximate surface area is 170 Å². The van der Waals surface area contributed by atoms with Gasteiger partial charge in [-0.05, 0) is 35.7 Å². The molecule has 0 fully saturated rings. The molecule has 0 aliphatic heterocycles. The van der Waals surface area contributed by atoms with Crippen LogP contribution in [0.15, 0.2) is 58.9 Å². The first kappa shape index (κ1) is 18.8. The molecule has 0 aliphatic carbocycles. The van der Waals surface area contributed by atoms with E-state index >= 15 is 0 Å². The Morgan fingerprint density at radius 1 is 1.14 bits per heavy atom. The Morgan fingerprint density at radius 3 is 2.71 bits per heavy atom. The van der Waals surface area contributed by atoms with Gasteiger partial charge in [-0.15, -0.1) is 11.3 Å². The third-order valence-corrected chi connectivity index (χ3v) is 6.80. The first-order valence-electron chi connectivity index (χ1n) is 8.19. The number of thiophene rings is 1. The molecule has 0 N–H and O–H groups in total. The van der Waals surface area contributed by atoms with Crippen molar-refractivity contribution in [2.24, 2.45) is 0 Å². The molecule has 0 unspecified atom stereocenters. The Bertz CT molecular complexity index is 1260. The van der Waals surface area contributed by atoms with E-state index in [0.717, 1.165) is 10.3 Å². The molecule has 28 heavy (non-hydrogen) atoms. The molecule has 0 atom stereocenters. The number of pyridine rings is 1. The van der Waals surface area contributed by atoms with Crippen molar-refractivity contribution >= 4 is 43.0 Å². The largest absolute Gasteiger partial charge is 0.481 e. The van der Waals surface area contributed by atoms with E-state index in [0.29, 0.717) is 22.1 Å². The number of sulfone groups is 1. The van der Waals surface area contributed by atoms with Crippen LogP contribution in [0.1, 0.15) is 5.82 Å². The first-order chi connectivity index (χ1) is 13.5. The molecule has 3 heterocycles. The summed E-state index contributed by atoms with van der Waals surface area (Å²) < 4.78 is 31.6. The number of hydrogen-bond donors (Lipinski definition) is 0. The minimum atomic E-state index is -3.64. The van der Waals surface area contributed by atoms with E-state index in [2.05, 4.69) is 15.0 Å². The van der Waals surface area contributed by atoms with Crippen LogP contribution in [0.25, 0.3) is 21.5 Å². The Kier molecular flexibility index (Phi) is 5.01. The number of halogens is 1. The molecule has 0 radical (unpaired) electrons. The SMILES string of the molecule is COc1ccc(-c2nc(CS(=O)(=O)c3cccc(Cl)c3)nc3ccsc23)cn1. The number of aromatic nitrogens is 3. The first-order valence-corrected chi connectivity index (χ1v) is 11.1. The topological polar surface area (TPSA) is 82.0 Å². The van der Waals surface area contributed by atoms with Crippen molar-refractivity contribution in [2.75, 3.05) is 7.11 Å². The summed E-state index contributed by atoms with van der Waals surface area (Å²) in [4.78, 5) is 13.3. The zero-order valence-corrected chi connectivity index (χ0v) is 17.1. The summed E-state index contributed by atoms with van der Waals surface area (Å²) in [7, 11) is -2.09. The van der Waals surface area contributed by atoms with Crippen LogP contribution in [0.3, 0.4) is 0 Å². The quantitative estimate of drug-likeness (QED) is 0.466. The van der Waals surface area contributed by atoms with Crippen LogP contribution in [-0.4, -0.2) is 30.5 Å². The van der Waals surface area contributed by atoms with Gasteiger partial charge in [-0.2, -0.15) is 0 Å². The number of nitrogens with zero attached hydrogens (tertiary/aromatic N) is 3. The van der Waals surface area contributed by atoms with E-state index in [-0.39, 0.29) is 16.5 Å². The van der Waals surface area contributed by atoms with Crippen LogP contribution in [0.4, 0.5) is 0 Å². The lowest BCUT2D eigenvalue weighted by molar-refractivity contribution is 0.398. The number of benzene rings is 1. The highest BCUT2D eigenvalue weighted by atomic mass is 35.5. The highest BCUT2D eigenvalue weighted by Crippen LogP contribution is 2.31. The number of fused-ring (bicyclic) bond motifs is 1. The molecular weight excluding hydrogens is 418 g/mol. The van der Waals surface area contributed by atoms with Crippen LogP contribution in [-0.2, 0) is 15.6 Å². The second-order valence-corrected chi connectivity index (χ2v) is 9.27. The highest BCUT2D eigenvalue weighted by Gasteiger charge is 2.20. The summed E-state index contributed by atoms with van der Waals surface area (Å²) in [6.45, 7) is 0. The van der Waals surface area contributed by atoms with Crippen LogP contribution in [0.5, 0.6) is 5.88 Å². The molecule has 0 saturated carbocycles. The molecule has 4 rings (SSSR count). The summed E-state index contributed by atoms with van der Waals surface area (Å²) in [5.74, 6) is 0.385. The van der Waals surface area contributed by atoms with Crippen molar-refractivity contribution in [3.8, 4) is 17.1 Å². The van der Waals surface area contributed by atoms with Gasteiger partial charge in [0, 0.05) is 22.8 Å². The number of rotatable bonds is 5. The lowest BCUT2D eigenvalue weighted by atomic mass is 10.2. The van der Waals surface area contributed by atoms with Crippen LogP contribution >= 0.6 is 22.9 Å². The maximum atomic E-state index is 12.8. The maximum absolute atomic E-state index is 12.8. The summed E-state index contributed by atoms with van der Waals surface area (Å²) in [6, 6.07) is 11.6. The predicted molar refractivity (Wildman–Crippen MR) is 110 cm³/mol. The van der Waals surface area contributed by atoms with E-state index in [9.17, 15) is 8.42 Å². The van der Waals surface area contributed by atoms with Gasteiger partial charge < -0.3 is 4.74 Å². The van der Waals surface area contributed by atoms with Crippen LogP contribution in [0.2, 0.25) is 5.02 Å². The Hall–Kier alpha value is -2.55. The predicted octanol–water partition coefficient (Wildman–Crippen LogP) is 4.39. The van der Waals surface area contributed by atoms with Gasteiger partial charge in [0.2, 0.25) is 5.88 Å². The van der Waals surface area contributed by atoms with Gasteiger partial charge in [0.25, 0.3) is 0 Å². The minimum Gasteiger partial charge on any atom is -0.481 e. The fourth-order valence-corrected chi connectivity index (χ4v) is 5.05. The monoisotopic (exact) mass is 431 g/mol. The fourth-order valence-electron chi connectivity index (χ4n) is 2.73. The number of methoxy groups -OCH3 is 1. The minimum absolute atomic E-state index is 0.140. The zero-order valence-electron chi connectivity index (χ0n) is 14.7. The Morgan fingerprint density at radius 2 is 2.00 bits per heavy atom. The lowest BCUT2D eigenvalue weighted by Crippen LogP contribution is -2.09. The lowest BCUT2D eigenvalue weighted by Gasteiger charge is -2.08. The Balaban J connectivity index is 1.78. The van der Waals surface area contributed by atoms with E-state index in [1.54, 1.807) is 31.5 Å². The molecule has 1 aromatic carbocycles. The average Bonchev–Trinajstić information content (AvgIpc) is 3.16. The molecule has 0 aliphatic rings. The van der Waals surface area contributed by atoms with Crippen molar-refractivity contribution in [2.45, 2.75) is 10.6 Å². The standard InChI is InChI=1S/C19H14ClN3O3S2/c1-26-17-6-5-12(10-21-17)18-19-15(7-8-27-19)22-16(23-18)11-28(24,25)14-4-2-3-13(20)9-14/h2-10H,11H2,1H3. The molecule has 0 saturated heterocycles. The molecule has 4 aromatic rings. The molecule has 3 aromatic heterocycles. The van der Waals surface area contributed by atoms with Crippen molar-refractivity contribution in [3.05, 3.63) is 64.9 Å². The average molecular weight is 432 g/mol. The molecule has 0 amide bonds. The highest BCUT2D eigenvalue weighted by molar-refractivity contribution is 7.90. The van der Waals surface area contributed by atoms with Gasteiger partial charge in [0.05, 0.1) is 27.9 Å². The molecule has 9 heteroatoms. The van der Waals surface area contributed by atoms with Gasteiger partial charge in [-0.25, -0.2) is 23.4 Å². The summed E-state index contributed by atoms with van der Waals surface area (Å²) in [6.07, 6.45) is 1.65. The normalized spacial score (nSPS) is 11.6. The van der Waals surface area contributed by atoms with Gasteiger partial charge in [-0.3, -0.25) is 0 Å². The third kappa shape index (κ3) is 3.71. The van der Waals surface area contributed by atoms with Crippen LogP contribution < -0.4 is 4.74 Å². The summed E-state index contributed by atoms with van der Waals surface area (Å²) >= 11 is 7.43. The summed E-state index contributed by atoms with van der Waals surface area (Å²) in [5, 5.41) is 2.26. The fraction of sp³-hybridized carbons (Fsp3) is 0.105. The van der Waals surface area contributed by atoms with Gasteiger partial charge >= 0.3 is 0 Å². The van der Waals surface area contributed by atoms with E-state index in [4.69, 9.17) is 16.3 Å². The molecule has 0 bridgehead atoms. The molecular formula is C19H14ClN3O3S2. The van der Waals surface area contributed by atoms with E-state index in [1.165, 1.54) is 23.5 Å². The van der Waals surface area contributed by atoms with Gasteiger partial charge in [0.15, 0.2) is 9.84 Å². The second kappa shape index (κ2) is 7.46. The van der Waals surface area contributed by atoms with Gasteiger partial charge in [-0.1, -0.05) is 17.7 Å². The van der Waals surface area contributed by atoms with Gasteiger partial charge in [0.1, 0.15) is 11.6 Å².